The molecule has 0 aliphatic heterocycles. The number of carbonyl (C=O) groups is 1. The Morgan fingerprint density at radius 3 is 2.90 bits per heavy atom. The number of fused-ring (bicyclic) bond motifs is 1. The minimum atomic E-state index is -0.219. The maximum atomic E-state index is 11.8. The lowest BCUT2D eigenvalue weighted by Gasteiger charge is -2.13. The summed E-state index contributed by atoms with van der Waals surface area (Å²) in [6, 6.07) is 7.73. The van der Waals surface area contributed by atoms with Crippen LogP contribution in [0.2, 0.25) is 0 Å². The molecule has 1 aromatic heterocycles. The van der Waals surface area contributed by atoms with Crippen LogP contribution in [-0.4, -0.2) is 30.4 Å². The van der Waals surface area contributed by atoms with Gasteiger partial charge < -0.3 is 19.9 Å². The highest BCUT2D eigenvalue weighted by molar-refractivity contribution is 5.92. The van der Waals surface area contributed by atoms with Gasteiger partial charge in [0.2, 0.25) is 0 Å². The average Bonchev–Trinajstić information content (AvgIpc) is 2.81. The van der Waals surface area contributed by atoms with E-state index in [1.165, 1.54) is 5.39 Å². The first kappa shape index (κ1) is 14.4. The van der Waals surface area contributed by atoms with Crippen LogP contribution in [0.25, 0.3) is 10.9 Å². The van der Waals surface area contributed by atoms with Gasteiger partial charge in [-0.2, -0.15) is 0 Å². The van der Waals surface area contributed by atoms with Gasteiger partial charge in [-0.3, -0.25) is 0 Å². The Labute approximate surface area is 118 Å². The smallest absolute Gasteiger partial charge is 0.319 e. The Hall–Kier alpha value is -2.01. The molecule has 2 rings (SSSR count). The van der Waals surface area contributed by atoms with Crippen LogP contribution in [0.4, 0.5) is 10.5 Å². The van der Waals surface area contributed by atoms with E-state index in [1.807, 2.05) is 25.1 Å². The second-order valence-electron chi connectivity index (χ2n) is 4.83. The first-order valence-corrected chi connectivity index (χ1v) is 6.79. The summed E-state index contributed by atoms with van der Waals surface area (Å²) in [6.45, 7) is 5.39. The van der Waals surface area contributed by atoms with E-state index >= 15 is 0 Å². The van der Waals surface area contributed by atoms with Crippen LogP contribution in [0, 0.1) is 0 Å². The average molecular weight is 275 g/mol. The van der Waals surface area contributed by atoms with Gasteiger partial charge in [-0.1, -0.05) is 6.07 Å². The second-order valence-corrected chi connectivity index (χ2v) is 4.83. The molecule has 20 heavy (non-hydrogen) atoms. The van der Waals surface area contributed by atoms with Crippen LogP contribution < -0.4 is 10.6 Å². The highest BCUT2D eigenvalue weighted by Gasteiger charge is 2.08. The van der Waals surface area contributed by atoms with Crippen molar-refractivity contribution in [2.24, 2.45) is 0 Å². The molecule has 2 amide bonds. The van der Waals surface area contributed by atoms with Crippen molar-refractivity contribution < 1.29 is 9.53 Å². The van der Waals surface area contributed by atoms with E-state index in [0.717, 1.165) is 17.7 Å². The zero-order valence-electron chi connectivity index (χ0n) is 12.1. The minimum Gasteiger partial charge on any atom is -0.383 e. The molecule has 1 aromatic carbocycles. The fourth-order valence-electron chi connectivity index (χ4n) is 2.22. The molecule has 0 fully saturated rings. The molecular weight excluding hydrogens is 254 g/mol. The lowest BCUT2D eigenvalue weighted by molar-refractivity contribution is 0.173. The first-order valence-electron chi connectivity index (χ1n) is 6.79. The van der Waals surface area contributed by atoms with E-state index in [4.69, 9.17) is 4.74 Å². The number of amides is 2. The van der Waals surface area contributed by atoms with Crippen molar-refractivity contribution in [2.45, 2.75) is 26.4 Å². The number of rotatable bonds is 5. The molecule has 108 valence electrons. The molecule has 0 aliphatic rings. The molecule has 0 spiro atoms. The number of urea groups is 1. The van der Waals surface area contributed by atoms with Crippen molar-refractivity contribution in [3.63, 3.8) is 0 Å². The van der Waals surface area contributed by atoms with Crippen molar-refractivity contribution in [3.05, 3.63) is 30.5 Å². The molecule has 1 heterocycles. The first-order chi connectivity index (χ1) is 9.63. The molecular formula is C15H21N3O2. The van der Waals surface area contributed by atoms with Crippen LogP contribution >= 0.6 is 0 Å². The lowest BCUT2D eigenvalue weighted by atomic mass is 10.2. The number of methoxy groups -OCH3 is 1. The van der Waals surface area contributed by atoms with Crippen molar-refractivity contribution in [2.75, 3.05) is 19.0 Å². The van der Waals surface area contributed by atoms with E-state index in [9.17, 15) is 4.79 Å². The molecule has 0 saturated carbocycles. The van der Waals surface area contributed by atoms with Crippen molar-refractivity contribution >= 4 is 22.6 Å². The van der Waals surface area contributed by atoms with Crippen molar-refractivity contribution in [3.8, 4) is 0 Å². The number of aryl methyl sites for hydroxylation is 1. The summed E-state index contributed by atoms with van der Waals surface area (Å²) in [4.78, 5) is 11.8. The molecule has 0 saturated heterocycles. The topological polar surface area (TPSA) is 55.3 Å². The number of hydrogen-bond acceptors (Lipinski definition) is 2. The second kappa shape index (κ2) is 6.43. The van der Waals surface area contributed by atoms with Gasteiger partial charge in [0.25, 0.3) is 0 Å². The predicted octanol–water partition coefficient (Wildman–Crippen LogP) is 2.82. The summed E-state index contributed by atoms with van der Waals surface area (Å²) in [5, 5.41) is 6.84. The summed E-state index contributed by atoms with van der Waals surface area (Å²) in [7, 11) is 1.61. The SMILES string of the molecule is CCn1ccc2ccc(NC(=O)NC(C)COC)cc21. The number of anilines is 1. The third-order valence-electron chi connectivity index (χ3n) is 3.17. The summed E-state index contributed by atoms with van der Waals surface area (Å²) in [5.41, 5.74) is 1.91. The van der Waals surface area contributed by atoms with Gasteiger partial charge in [0.05, 0.1) is 18.2 Å². The normalized spacial score (nSPS) is 12.3. The minimum absolute atomic E-state index is 0.0248. The van der Waals surface area contributed by atoms with Crippen molar-refractivity contribution in [1.82, 2.24) is 9.88 Å². The number of carbonyl (C=O) groups excluding carboxylic acids is 1. The largest absolute Gasteiger partial charge is 0.383 e. The van der Waals surface area contributed by atoms with Gasteiger partial charge in [-0.25, -0.2) is 4.79 Å². The Kier molecular flexibility index (Phi) is 4.63. The molecule has 5 nitrogen and oxygen atoms in total. The van der Waals surface area contributed by atoms with Crippen LogP contribution in [0.15, 0.2) is 30.5 Å². The van der Waals surface area contributed by atoms with E-state index in [1.54, 1.807) is 7.11 Å². The Balaban J connectivity index is 2.07. The van der Waals surface area contributed by atoms with E-state index < -0.39 is 0 Å². The zero-order chi connectivity index (χ0) is 14.5. The Bertz CT molecular complexity index is 592. The number of ether oxygens (including phenoxy) is 1. The van der Waals surface area contributed by atoms with Gasteiger partial charge in [0, 0.05) is 25.5 Å². The van der Waals surface area contributed by atoms with Gasteiger partial charge in [0.15, 0.2) is 0 Å². The van der Waals surface area contributed by atoms with Gasteiger partial charge in [-0.05, 0) is 37.4 Å². The number of aromatic nitrogens is 1. The maximum absolute atomic E-state index is 11.8. The fourth-order valence-corrected chi connectivity index (χ4v) is 2.22. The quantitative estimate of drug-likeness (QED) is 0.881. The van der Waals surface area contributed by atoms with Crippen LogP contribution in [0.3, 0.4) is 0 Å². The summed E-state index contributed by atoms with van der Waals surface area (Å²) in [5.74, 6) is 0. The van der Waals surface area contributed by atoms with Crippen LogP contribution in [0.5, 0.6) is 0 Å². The van der Waals surface area contributed by atoms with E-state index in [2.05, 4.69) is 34.4 Å². The maximum Gasteiger partial charge on any atom is 0.319 e. The molecule has 0 aliphatic carbocycles. The number of hydrogen-bond donors (Lipinski definition) is 2. The van der Waals surface area contributed by atoms with Gasteiger partial charge in [0.1, 0.15) is 0 Å². The number of nitrogens with zero attached hydrogens (tertiary/aromatic N) is 1. The Morgan fingerprint density at radius 1 is 1.40 bits per heavy atom. The van der Waals surface area contributed by atoms with Gasteiger partial charge in [-0.15, -0.1) is 0 Å². The molecule has 2 aromatic rings. The van der Waals surface area contributed by atoms with Gasteiger partial charge >= 0.3 is 6.03 Å². The molecule has 1 unspecified atom stereocenters. The number of benzene rings is 1. The molecule has 0 radical (unpaired) electrons. The standard InChI is InChI=1S/C15H21N3O2/c1-4-18-8-7-12-5-6-13(9-14(12)18)17-15(19)16-11(2)10-20-3/h5-9,11H,4,10H2,1-3H3,(H2,16,17,19). The van der Waals surface area contributed by atoms with Crippen molar-refractivity contribution in [1.29, 1.82) is 0 Å². The van der Waals surface area contributed by atoms with E-state index in [-0.39, 0.29) is 12.1 Å². The molecule has 5 heteroatoms. The van der Waals surface area contributed by atoms with Crippen LogP contribution in [-0.2, 0) is 11.3 Å². The predicted molar refractivity (Wildman–Crippen MR) is 81.1 cm³/mol. The zero-order valence-corrected chi connectivity index (χ0v) is 12.1. The van der Waals surface area contributed by atoms with E-state index in [0.29, 0.717) is 6.61 Å². The molecule has 1 atom stereocenters. The third-order valence-corrected chi connectivity index (χ3v) is 3.17. The Morgan fingerprint density at radius 2 is 2.20 bits per heavy atom. The summed E-state index contributed by atoms with van der Waals surface area (Å²) < 4.78 is 7.13. The molecule has 2 N–H and O–H groups in total. The fraction of sp³-hybridized carbons (Fsp3) is 0.400. The highest BCUT2D eigenvalue weighted by atomic mass is 16.5. The lowest BCUT2D eigenvalue weighted by Crippen LogP contribution is -2.38. The highest BCUT2D eigenvalue weighted by Crippen LogP contribution is 2.20. The monoisotopic (exact) mass is 275 g/mol. The van der Waals surface area contributed by atoms with Crippen LogP contribution in [0.1, 0.15) is 13.8 Å². The molecule has 0 bridgehead atoms. The third kappa shape index (κ3) is 3.30. The summed E-state index contributed by atoms with van der Waals surface area (Å²) >= 11 is 0. The number of nitrogens with one attached hydrogen (secondary N) is 2. The summed E-state index contributed by atoms with van der Waals surface area (Å²) in [6.07, 6.45) is 2.05.